The molecule has 1 rings (SSSR count). The van der Waals surface area contributed by atoms with Crippen LogP contribution in [0.15, 0.2) is 18.3 Å². The second-order valence-electron chi connectivity index (χ2n) is 6.22. The van der Waals surface area contributed by atoms with Gasteiger partial charge in [-0.2, -0.15) is 0 Å². The summed E-state index contributed by atoms with van der Waals surface area (Å²) in [5.74, 6) is -1.70. The smallest absolute Gasteiger partial charge is 0.326 e. The Labute approximate surface area is 119 Å². The maximum atomic E-state index is 12.0. The van der Waals surface area contributed by atoms with Crippen molar-refractivity contribution in [1.29, 1.82) is 0 Å². The molecular formula is C15H22N2O3. The summed E-state index contributed by atoms with van der Waals surface area (Å²) in [4.78, 5) is 27.2. The topological polar surface area (TPSA) is 79.3 Å². The molecule has 1 aromatic rings. The van der Waals surface area contributed by atoms with Gasteiger partial charge in [0.15, 0.2) is 0 Å². The lowest BCUT2D eigenvalue weighted by atomic mass is 9.88. The van der Waals surface area contributed by atoms with Gasteiger partial charge in [-0.1, -0.05) is 40.7 Å². The highest BCUT2D eigenvalue weighted by Crippen LogP contribution is 2.21. The first-order chi connectivity index (χ1) is 9.12. The van der Waals surface area contributed by atoms with E-state index in [1.54, 1.807) is 26.1 Å². The van der Waals surface area contributed by atoms with Crippen LogP contribution in [-0.2, 0) is 10.2 Å². The zero-order valence-corrected chi connectivity index (χ0v) is 12.6. The van der Waals surface area contributed by atoms with Gasteiger partial charge >= 0.3 is 5.97 Å². The number of hydrogen-bond acceptors (Lipinski definition) is 3. The van der Waals surface area contributed by atoms with Crippen molar-refractivity contribution < 1.29 is 14.7 Å². The summed E-state index contributed by atoms with van der Waals surface area (Å²) in [5, 5.41) is 11.5. The molecule has 2 N–H and O–H groups in total. The van der Waals surface area contributed by atoms with Crippen LogP contribution in [0.5, 0.6) is 0 Å². The zero-order valence-electron chi connectivity index (χ0n) is 12.6. The Hall–Kier alpha value is -1.91. The average Bonchev–Trinajstić information content (AvgIpc) is 2.34. The Morgan fingerprint density at radius 3 is 2.20 bits per heavy atom. The highest BCUT2D eigenvalue weighted by atomic mass is 16.4. The molecule has 0 aliphatic carbocycles. The monoisotopic (exact) mass is 278 g/mol. The number of carbonyl (C=O) groups is 2. The normalized spacial score (nSPS) is 13.1. The van der Waals surface area contributed by atoms with Gasteiger partial charge < -0.3 is 10.4 Å². The number of carbonyl (C=O) groups excluding carboxylic acids is 1. The summed E-state index contributed by atoms with van der Waals surface area (Å²) in [5.41, 5.74) is 1.21. The SMILES string of the molecule is CC(C)C(NC(=O)c1ccc(C(C)(C)C)cn1)C(=O)O. The van der Waals surface area contributed by atoms with E-state index in [0.29, 0.717) is 0 Å². The first-order valence-electron chi connectivity index (χ1n) is 6.63. The summed E-state index contributed by atoms with van der Waals surface area (Å²) in [7, 11) is 0. The van der Waals surface area contributed by atoms with Crippen molar-refractivity contribution in [3.63, 3.8) is 0 Å². The largest absolute Gasteiger partial charge is 0.480 e. The van der Waals surface area contributed by atoms with E-state index in [0.717, 1.165) is 5.56 Å². The molecular weight excluding hydrogens is 256 g/mol. The second kappa shape index (κ2) is 6.03. The molecule has 1 heterocycles. The van der Waals surface area contributed by atoms with Gasteiger partial charge in [-0.05, 0) is 23.0 Å². The molecule has 0 aliphatic rings. The third-order valence-electron chi connectivity index (χ3n) is 3.08. The molecule has 5 nitrogen and oxygen atoms in total. The third-order valence-corrected chi connectivity index (χ3v) is 3.08. The average molecular weight is 278 g/mol. The van der Waals surface area contributed by atoms with Gasteiger partial charge in [0.2, 0.25) is 0 Å². The van der Waals surface area contributed by atoms with Gasteiger partial charge in [0, 0.05) is 6.20 Å². The molecule has 0 fully saturated rings. The summed E-state index contributed by atoms with van der Waals surface area (Å²) in [6.45, 7) is 9.67. The molecule has 0 saturated heterocycles. The molecule has 5 heteroatoms. The number of amides is 1. The van der Waals surface area contributed by atoms with Crippen LogP contribution >= 0.6 is 0 Å². The minimum absolute atomic E-state index is 0.0382. The summed E-state index contributed by atoms with van der Waals surface area (Å²) in [6, 6.07) is 2.55. The highest BCUT2D eigenvalue weighted by molar-refractivity contribution is 5.95. The van der Waals surface area contributed by atoms with Crippen molar-refractivity contribution in [3.8, 4) is 0 Å². The van der Waals surface area contributed by atoms with E-state index in [1.807, 2.05) is 6.07 Å². The van der Waals surface area contributed by atoms with Gasteiger partial charge in [-0.25, -0.2) is 4.79 Å². The van der Waals surface area contributed by atoms with Gasteiger partial charge in [0.05, 0.1) is 0 Å². The quantitative estimate of drug-likeness (QED) is 0.885. The lowest BCUT2D eigenvalue weighted by Gasteiger charge is -2.19. The van der Waals surface area contributed by atoms with Crippen molar-refractivity contribution in [2.45, 2.75) is 46.1 Å². The first-order valence-corrected chi connectivity index (χ1v) is 6.63. The van der Waals surface area contributed by atoms with Crippen molar-refractivity contribution in [2.75, 3.05) is 0 Å². The minimum Gasteiger partial charge on any atom is -0.480 e. The maximum absolute atomic E-state index is 12.0. The lowest BCUT2D eigenvalue weighted by molar-refractivity contribution is -0.140. The molecule has 0 aromatic carbocycles. The Morgan fingerprint density at radius 1 is 1.25 bits per heavy atom. The fourth-order valence-electron chi connectivity index (χ4n) is 1.70. The molecule has 0 aliphatic heterocycles. The van der Waals surface area contributed by atoms with Crippen LogP contribution in [0, 0.1) is 5.92 Å². The van der Waals surface area contributed by atoms with Crippen LogP contribution in [0.3, 0.4) is 0 Å². The van der Waals surface area contributed by atoms with E-state index in [-0.39, 0.29) is 17.0 Å². The number of carboxylic acid groups (broad SMARTS) is 1. The molecule has 1 amide bonds. The minimum atomic E-state index is -1.04. The van der Waals surface area contributed by atoms with Crippen LogP contribution in [0.1, 0.15) is 50.7 Å². The fourth-order valence-corrected chi connectivity index (χ4v) is 1.70. The van der Waals surface area contributed by atoms with E-state index in [4.69, 9.17) is 5.11 Å². The molecule has 1 aromatic heterocycles. The Bertz CT molecular complexity index is 487. The molecule has 0 radical (unpaired) electrons. The standard InChI is InChI=1S/C15H22N2O3/c1-9(2)12(14(19)20)17-13(18)11-7-6-10(8-16-11)15(3,4)5/h6-9,12H,1-5H3,(H,17,18)(H,19,20). The van der Waals surface area contributed by atoms with Crippen molar-refractivity contribution >= 4 is 11.9 Å². The van der Waals surface area contributed by atoms with Crippen LogP contribution < -0.4 is 5.32 Å². The number of nitrogens with one attached hydrogen (secondary N) is 1. The van der Waals surface area contributed by atoms with Crippen molar-refractivity contribution in [1.82, 2.24) is 10.3 Å². The van der Waals surface area contributed by atoms with Crippen molar-refractivity contribution in [3.05, 3.63) is 29.6 Å². The number of rotatable bonds is 4. The van der Waals surface area contributed by atoms with Crippen molar-refractivity contribution in [2.24, 2.45) is 5.92 Å². The van der Waals surface area contributed by atoms with Crippen LogP contribution in [0.25, 0.3) is 0 Å². The van der Waals surface area contributed by atoms with Gasteiger partial charge in [-0.3, -0.25) is 9.78 Å². The van der Waals surface area contributed by atoms with Gasteiger partial charge in [0.25, 0.3) is 5.91 Å². The number of aliphatic carboxylic acids is 1. The molecule has 0 saturated carbocycles. The van der Waals surface area contributed by atoms with Gasteiger partial charge in [-0.15, -0.1) is 0 Å². The van der Waals surface area contributed by atoms with E-state index in [9.17, 15) is 9.59 Å². The molecule has 110 valence electrons. The number of aromatic nitrogens is 1. The second-order valence-corrected chi connectivity index (χ2v) is 6.22. The summed E-state index contributed by atoms with van der Waals surface area (Å²) < 4.78 is 0. The van der Waals surface area contributed by atoms with E-state index < -0.39 is 17.9 Å². The van der Waals surface area contributed by atoms with Crippen LogP contribution in [-0.4, -0.2) is 28.0 Å². The number of carboxylic acids is 1. The van der Waals surface area contributed by atoms with Crippen LogP contribution in [0.2, 0.25) is 0 Å². The Kier molecular flexibility index (Phi) is 4.87. The maximum Gasteiger partial charge on any atom is 0.326 e. The molecule has 1 atom stereocenters. The predicted octanol–water partition coefficient (Wildman–Crippen LogP) is 2.22. The predicted molar refractivity (Wildman–Crippen MR) is 76.7 cm³/mol. The molecule has 20 heavy (non-hydrogen) atoms. The summed E-state index contributed by atoms with van der Waals surface area (Å²) in [6.07, 6.45) is 1.65. The van der Waals surface area contributed by atoms with Crippen LogP contribution in [0.4, 0.5) is 0 Å². The fraction of sp³-hybridized carbons (Fsp3) is 0.533. The first kappa shape index (κ1) is 16.1. The molecule has 1 unspecified atom stereocenters. The third kappa shape index (κ3) is 4.05. The van der Waals surface area contributed by atoms with Gasteiger partial charge in [0.1, 0.15) is 11.7 Å². The zero-order chi connectivity index (χ0) is 15.5. The number of nitrogens with zero attached hydrogens (tertiary/aromatic N) is 1. The van der Waals surface area contributed by atoms with E-state index >= 15 is 0 Å². The molecule has 0 spiro atoms. The Morgan fingerprint density at radius 2 is 1.85 bits per heavy atom. The van der Waals surface area contributed by atoms with E-state index in [2.05, 4.69) is 31.1 Å². The molecule has 0 bridgehead atoms. The van der Waals surface area contributed by atoms with E-state index in [1.165, 1.54) is 0 Å². The highest BCUT2D eigenvalue weighted by Gasteiger charge is 2.24. The lowest BCUT2D eigenvalue weighted by Crippen LogP contribution is -2.44. The summed E-state index contributed by atoms with van der Waals surface area (Å²) >= 11 is 0. The Balaban J connectivity index is 2.85. The number of hydrogen-bond donors (Lipinski definition) is 2. The number of pyridine rings is 1.